The van der Waals surface area contributed by atoms with Crippen LogP contribution in [-0.4, -0.2) is 27.5 Å². The van der Waals surface area contributed by atoms with Gasteiger partial charge in [-0.1, -0.05) is 58.3 Å². The molecule has 1 fully saturated rings. The minimum atomic E-state index is 0.321. The number of hydrogen-bond acceptors (Lipinski definition) is 3. The van der Waals surface area contributed by atoms with Gasteiger partial charge in [0.1, 0.15) is 5.82 Å². The maximum absolute atomic E-state index is 5.73. The van der Waals surface area contributed by atoms with Crippen molar-refractivity contribution in [2.45, 2.75) is 96.6 Å². The van der Waals surface area contributed by atoms with Gasteiger partial charge in [0.05, 0.1) is 12.6 Å². The molecule has 1 saturated heterocycles. The van der Waals surface area contributed by atoms with E-state index in [2.05, 4.69) is 21.7 Å². The van der Waals surface area contributed by atoms with Crippen LogP contribution in [0, 0.1) is 4.77 Å². The van der Waals surface area contributed by atoms with E-state index in [-0.39, 0.29) is 0 Å². The number of ether oxygens (including phenoxy) is 1. The summed E-state index contributed by atoms with van der Waals surface area (Å²) in [5.41, 5.74) is 0. The van der Waals surface area contributed by atoms with E-state index in [1.54, 1.807) is 0 Å². The Kier molecular flexibility index (Phi) is 8.90. The molecule has 0 radical (unpaired) electrons. The lowest BCUT2D eigenvalue weighted by molar-refractivity contribution is 0.0958. The molecule has 2 rings (SSSR count). The van der Waals surface area contributed by atoms with Crippen molar-refractivity contribution >= 4 is 12.2 Å². The first kappa shape index (κ1) is 18.7. The van der Waals surface area contributed by atoms with Crippen LogP contribution in [0.1, 0.15) is 83.4 Å². The highest BCUT2D eigenvalue weighted by molar-refractivity contribution is 7.71. The van der Waals surface area contributed by atoms with E-state index < -0.39 is 0 Å². The molecule has 0 saturated carbocycles. The van der Waals surface area contributed by atoms with Gasteiger partial charge in [0.2, 0.25) is 0 Å². The molecular formula is C18H33N3OS. The molecule has 0 bridgehead atoms. The predicted octanol–water partition coefficient (Wildman–Crippen LogP) is 5.19. The van der Waals surface area contributed by atoms with E-state index in [1.807, 2.05) is 0 Å². The van der Waals surface area contributed by atoms with E-state index in [4.69, 9.17) is 17.0 Å². The predicted molar refractivity (Wildman–Crippen MR) is 97.3 cm³/mol. The molecule has 1 aromatic heterocycles. The third-order valence-corrected chi connectivity index (χ3v) is 5.06. The summed E-state index contributed by atoms with van der Waals surface area (Å²) in [7, 11) is 0. The van der Waals surface area contributed by atoms with Gasteiger partial charge < -0.3 is 9.30 Å². The summed E-state index contributed by atoms with van der Waals surface area (Å²) in [4.78, 5) is 0. The summed E-state index contributed by atoms with van der Waals surface area (Å²) in [5.74, 6) is 1.11. The van der Waals surface area contributed by atoms with Gasteiger partial charge in [-0.15, -0.1) is 0 Å². The highest BCUT2D eigenvalue weighted by Gasteiger charge is 2.18. The van der Waals surface area contributed by atoms with E-state index in [1.165, 1.54) is 64.2 Å². The van der Waals surface area contributed by atoms with Gasteiger partial charge in [-0.3, -0.25) is 5.10 Å². The van der Waals surface area contributed by atoms with Crippen molar-refractivity contribution < 1.29 is 4.74 Å². The number of rotatable bonds is 12. The molecule has 0 aromatic carbocycles. The fourth-order valence-corrected chi connectivity index (χ4v) is 3.54. The molecule has 132 valence electrons. The lowest BCUT2D eigenvalue weighted by atomic mass is 10.1. The molecular weight excluding hydrogens is 306 g/mol. The number of aryl methyl sites for hydroxylation is 1. The summed E-state index contributed by atoms with van der Waals surface area (Å²) in [6.45, 7) is 4.03. The Bertz CT molecular complexity index is 477. The summed E-state index contributed by atoms with van der Waals surface area (Å²) in [5, 5.41) is 7.37. The Morgan fingerprint density at radius 1 is 1.13 bits per heavy atom. The van der Waals surface area contributed by atoms with Crippen molar-refractivity contribution in [2.24, 2.45) is 0 Å². The van der Waals surface area contributed by atoms with Crippen LogP contribution in [0.3, 0.4) is 0 Å². The number of nitrogens with zero attached hydrogens (tertiary/aromatic N) is 2. The lowest BCUT2D eigenvalue weighted by Gasteiger charge is -2.12. The van der Waals surface area contributed by atoms with Crippen LogP contribution in [0.15, 0.2) is 0 Å². The van der Waals surface area contributed by atoms with Crippen LogP contribution in [0.25, 0.3) is 0 Å². The van der Waals surface area contributed by atoms with Crippen LogP contribution in [-0.2, 0) is 17.7 Å². The highest BCUT2D eigenvalue weighted by Crippen LogP contribution is 2.16. The molecule has 4 nitrogen and oxygen atoms in total. The minimum absolute atomic E-state index is 0.321. The first-order chi connectivity index (χ1) is 11.3. The first-order valence-electron chi connectivity index (χ1n) is 9.57. The Balaban J connectivity index is 1.61. The SMILES string of the molecule is CCCCCCCCCCCc1n[nH]c(=S)n1C[C@H]1CCCO1. The number of nitrogens with one attached hydrogen (secondary N) is 1. The van der Waals surface area contributed by atoms with Crippen LogP contribution >= 0.6 is 12.2 Å². The number of unbranched alkanes of at least 4 members (excludes halogenated alkanes) is 8. The van der Waals surface area contributed by atoms with Gasteiger partial charge in [-0.2, -0.15) is 5.10 Å². The van der Waals surface area contributed by atoms with Gasteiger partial charge in [0.15, 0.2) is 4.77 Å². The fraction of sp³-hybridized carbons (Fsp3) is 0.889. The Morgan fingerprint density at radius 3 is 2.48 bits per heavy atom. The third kappa shape index (κ3) is 6.76. The molecule has 0 spiro atoms. The molecule has 5 heteroatoms. The number of aromatic amines is 1. The second-order valence-electron chi connectivity index (χ2n) is 6.77. The normalized spacial score (nSPS) is 17.9. The maximum Gasteiger partial charge on any atom is 0.195 e. The van der Waals surface area contributed by atoms with Gasteiger partial charge >= 0.3 is 0 Å². The topological polar surface area (TPSA) is 42.8 Å². The average molecular weight is 340 g/mol. The Morgan fingerprint density at radius 2 is 1.83 bits per heavy atom. The number of H-pyrrole nitrogens is 1. The molecule has 1 aromatic rings. The van der Waals surface area contributed by atoms with Crippen molar-refractivity contribution in [2.75, 3.05) is 6.61 Å². The second kappa shape index (κ2) is 11.0. The molecule has 0 amide bonds. The van der Waals surface area contributed by atoms with Crippen molar-refractivity contribution in [3.8, 4) is 0 Å². The standard InChI is InChI=1S/C18H33N3OS/c1-2-3-4-5-6-7-8-9-10-13-17-19-20-18(23)21(17)15-16-12-11-14-22-16/h16H,2-15H2,1H3,(H,20,23)/t16-/m1/s1. The van der Waals surface area contributed by atoms with Crippen molar-refractivity contribution in [1.82, 2.24) is 14.8 Å². The lowest BCUT2D eigenvalue weighted by Crippen LogP contribution is -2.17. The number of hydrogen-bond donors (Lipinski definition) is 1. The smallest absolute Gasteiger partial charge is 0.195 e. The monoisotopic (exact) mass is 339 g/mol. The average Bonchev–Trinajstić information content (AvgIpc) is 3.18. The zero-order valence-corrected chi connectivity index (χ0v) is 15.5. The van der Waals surface area contributed by atoms with Gasteiger partial charge in [0, 0.05) is 13.0 Å². The molecule has 1 aliphatic heterocycles. The molecule has 2 heterocycles. The Hall–Kier alpha value is -0.680. The molecule has 23 heavy (non-hydrogen) atoms. The molecule has 0 aliphatic carbocycles. The first-order valence-corrected chi connectivity index (χ1v) is 9.97. The summed E-state index contributed by atoms with van der Waals surface area (Å²) < 4.78 is 8.62. The maximum atomic E-state index is 5.73. The highest BCUT2D eigenvalue weighted by atomic mass is 32.1. The Labute approximate surface area is 146 Å². The van der Waals surface area contributed by atoms with Crippen molar-refractivity contribution in [1.29, 1.82) is 0 Å². The largest absolute Gasteiger partial charge is 0.376 e. The molecule has 1 atom stereocenters. The third-order valence-electron chi connectivity index (χ3n) is 4.75. The zero-order valence-electron chi connectivity index (χ0n) is 14.7. The van der Waals surface area contributed by atoms with Gasteiger partial charge in [-0.05, 0) is 31.5 Å². The van der Waals surface area contributed by atoms with E-state index in [9.17, 15) is 0 Å². The van der Waals surface area contributed by atoms with Crippen LogP contribution in [0.5, 0.6) is 0 Å². The second-order valence-corrected chi connectivity index (χ2v) is 7.16. The quantitative estimate of drug-likeness (QED) is 0.421. The summed E-state index contributed by atoms with van der Waals surface area (Å²) >= 11 is 5.37. The zero-order chi connectivity index (χ0) is 16.3. The molecule has 1 aliphatic rings. The van der Waals surface area contributed by atoms with Crippen molar-refractivity contribution in [3.05, 3.63) is 10.6 Å². The van der Waals surface area contributed by atoms with Crippen LogP contribution in [0.4, 0.5) is 0 Å². The molecule has 1 N–H and O–H groups in total. The van der Waals surface area contributed by atoms with E-state index in [0.717, 1.165) is 36.6 Å². The summed E-state index contributed by atoms with van der Waals surface area (Å²) in [6, 6.07) is 0. The van der Waals surface area contributed by atoms with Crippen molar-refractivity contribution in [3.63, 3.8) is 0 Å². The minimum Gasteiger partial charge on any atom is -0.376 e. The summed E-state index contributed by atoms with van der Waals surface area (Å²) in [6.07, 6.45) is 15.8. The van der Waals surface area contributed by atoms with Crippen LogP contribution in [0.2, 0.25) is 0 Å². The van der Waals surface area contributed by atoms with Gasteiger partial charge in [-0.25, -0.2) is 0 Å². The van der Waals surface area contributed by atoms with Gasteiger partial charge in [0.25, 0.3) is 0 Å². The fourth-order valence-electron chi connectivity index (χ4n) is 3.32. The van der Waals surface area contributed by atoms with E-state index >= 15 is 0 Å². The number of aromatic nitrogens is 3. The van der Waals surface area contributed by atoms with Crippen LogP contribution < -0.4 is 0 Å². The van der Waals surface area contributed by atoms with E-state index in [0.29, 0.717) is 6.10 Å². The molecule has 0 unspecified atom stereocenters.